The third-order valence-corrected chi connectivity index (χ3v) is 6.60. The van der Waals surface area contributed by atoms with Crippen molar-refractivity contribution in [1.29, 1.82) is 0 Å². The summed E-state index contributed by atoms with van der Waals surface area (Å²) in [6.45, 7) is 6.57. The van der Waals surface area contributed by atoms with Crippen LogP contribution in [0.2, 0.25) is 10.0 Å². The lowest BCUT2D eigenvalue weighted by molar-refractivity contribution is 0.0628. The molecular formula is C26H26Cl2N2O2. The highest BCUT2D eigenvalue weighted by Crippen LogP contribution is 2.32. The number of amides is 1. The molecule has 3 aromatic rings. The number of rotatable bonds is 6. The molecule has 4 rings (SSSR count). The smallest absolute Gasteiger partial charge is 0.253 e. The van der Waals surface area contributed by atoms with E-state index in [2.05, 4.69) is 36.1 Å². The van der Waals surface area contributed by atoms with Crippen LogP contribution in [0.3, 0.4) is 0 Å². The Morgan fingerprint density at radius 1 is 0.938 bits per heavy atom. The van der Waals surface area contributed by atoms with Crippen molar-refractivity contribution in [3.05, 3.63) is 99.0 Å². The Morgan fingerprint density at radius 2 is 1.69 bits per heavy atom. The molecule has 0 N–H and O–H groups in total. The van der Waals surface area contributed by atoms with Crippen LogP contribution in [-0.4, -0.2) is 41.9 Å². The largest absolute Gasteiger partial charge is 0.487 e. The maximum Gasteiger partial charge on any atom is 0.253 e. The van der Waals surface area contributed by atoms with Gasteiger partial charge in [0.15, 0.2) is 0 Å². The van der Waals surface area contributed by atoms with Gasteiger partial charge in [-0.3, -0.25) is 9.69 Å². The molecule has 0 spiro atoms. The molecule has 0 saturated carbocycles. The molecule has 1 fully saturated rings. The van der Waals surface area contributed by atoms with Gasteiger partial charge in [-0.05, 0) is 47.9 Å². The van der Waals surface area contributed by atoms with E-state index in [1.807, 2.05) is 29.2 Å². The second kappa shape index (κ2) is 10.4. The number of piperazine rings is 1. The van der Waals surface area contributed by atoms with Crippen LogP contribution >= 0.6 is 23.2 Å². The molecular weight excluding hydrogens is 443 g/mol. The van der Waals surface area contributed by atoms with Crippen molar-refractivity contribution >= 4 is 29.1 Å². The summed E-state index contributed by atoms with van der Waals surface area (Å²) in [4.78, 5) is 17.4. The second-order valence-electron chi connectivity index (χ2n) is 8.04. The number of hydrogen-bond donors (Lipinski definition) is 0. The van der Waals surface area contributed by atoms with E-state index in [9.17, 15) is 4.79 Å². The van der Waals surface area contributed by atoms with Crippen LogP contribution in [0, 0.1) is 6.92 Å². The molecule has 166 valence electrons. The Kier molecular flexibility index (Phi) is 7.36. The van der Waals surface area contributed by atoms with Crippen molar-refractivity contribution in [2.45, 2.75) is 20.1 Å². The number of hydrogen-bond acceptors (Lipinski definition) is 3. The van der Waals surface area contributed by atoms with Gasteiger partial charge in [-0.15, -0.1) is 0 Å². The van der Waals surface area contributed by atoms with Crippen molar-refractivity contribution in [2.24, 2.45) is 0 Å². The molecule has 0 unspecified atom stereocenters. The summed E-state index contributed by atoms with van der Waals surface area (Å²) in [6, 6.07) is 21.3. The summed E-state index contributed by atoms with van der Waals surface area (Å²) in [7, 11) is 0. The SMILES string of the molecule is Cc1ccccc1CN1CCN(C(=O)c2cccc(COc3cccc(Cl)c3Cl)c2)CC1. The molecule has 32 heavy (non-hydrogen) atoms. The predicted molar refractivity (Wildman–Crippen MR) is 130 cm³/mol. The summed E-state index contributed by atoms with van der Waals surface area (Å²) < 4.78 is 5.82. The molecule has 0 bridgehead atoms. The fourth-order valence-electron chi connectivity index (χ4n) is 3.87. The van der Waals surface area contributed by atoms with Gasteiger partial charge in [0, 0.05) is 38.3 Å². The Labute approximate surface area is 199 Å². The van der Waals surface area contributed by atoms with Gasteiger partial charge in [0.25, 0.3) is 5.91 Å². The Hall–Kier alpha value is -2.53. The quantitative estimate of drug-likeness (QED) is 0.455. The minimum atomic E-state index is 0.0585. The van der Waals surface area contributed by atoms with Crippen LogP contribution in [0.1, 0.15) is 27.0 Å². The molecule has 0 aliphatic carbocycles. The van der Waals surface area contributed by atoms with Gasteiger partial charge in [-0.1, -0.05) is 65.7 Å². The summed E-state index contributed by atoms with van der Waals surface area (Å²) in [6.07, 6.45) is 0. The van der Waals surface area contributed by atoms with Gasteiger partial charge >= 0.3 is 0 Å². The summed E-state index contributed by atoms with van der Waals surface area (Å²) in [5.41, 5.74) is 4.24. The van der Waals surface area contributed by atoms with E-state index in [1.54, 1.807) is 18.2 Å². The zero-order chi connectivity index (χ0) is 22.5. The number of aryl methyl sites for hydroxylation is 1. The lowest BCUT2D eigenvalue weighted by atomic mass is 10.1. The number of nitrogens with zero attached hydrogens (tertiary/aromatic N) is 2. The first-order chi connectivity index (χ1) is 15.5. The van der Waals surface area contributed by atoms with Gasteiger partial charge in [0.05, 0.1) is 5.02 Å². The fourth-order valence-corrected chi connectivity index (χ4v) is 4.22. The highest BCUT2D eigenvalue weighted by molar-refractivity contribution is 6.42. The van der Waals surface area contributed by atoms with Crippen LogP contribution in [-0.2, 0) is 13.2 Å². The van der Waals surface area contributed by atoms with Crippen molar-refractivity contribution in [2.75, 3.05) is 26.2 Å². The van der Waals surface area contributed by atoms with Crippen LogP contribution in [0.15, 0.2) is 66.7 Å². The number of ether oxygens (including phenoxy) is 1. The van der Waals surface area contributed by atoms with E-state index in [0.29, 0.717) is 28.0 Å². The number of halogens is 2. The molecule has 0 atom stereocenters. The molecule has 1 saturated heterocycles. The van der Waals surface area contributed by atoms with E-state index in [4.69, 9.17) is 27.9 Å². The molecule has 1 heterocycles. The third-order valence-electron chi connectivity index (χ3n) is 5.80. The zero-order valence-electron chi connectivity index (χ0n) is 18.1. The predicted octanol–water partition coefficient (Wildman–Crippen LogP) is 5.84. The van der Waals surface area contributed by atoms with Gasteiger partial charge in [0.2, 0.25) is 0 Å². The maximum atomic E-state index is 13.1. The van der Waals surface area contributed by atoms with Crippen molar-refractivity contribution in [3.8, 4) is 5.75 Å². The van der Waals surface area contributed by atoms with Gasteiger partial charge in [0.1, 0.15) is 17.4 Å². The maximum absolute atomic E-state index is 13.1. The Morgan fingerprint density at radius 3 is 2.47 bits per heavy atom. The molecule has 1 amide bonds. The normalized spacial score (nSPS) is 14.4. The van der Waals surface area contributed by atoms with Crippen LogP contribution in [0.25, 0.3) is 0 Å². The zero-order valence-corrected chi connectivity index (χ0v) is 19.6. The lowest BCUT2D eigenvalue weighted by Gasteiger charge is -2.35. The van der Waals surface area contributed by atoms with Gasteiger partial charge in [-0.2, -0.15) is 0 Å². The van der Waals surface area contributed by atoms with Crippen molar-refractivity contribution < 1.29 is 9.53 Å². The van der Waals surface area contributed by atoms with Crippen LogP contribution < -0.4 is 4.74 Å². The Balaban J connectivity index is 1.34. The monoisotopic (exact) mass is 468 g/mol. The molecule has 4 nitrogen and oxygen atoms in total. The minimum absolute atomic E-state index is 0.0585. The first kappa shape index (κ1) is 22.7. The van der Waals surface area contributed by atoms with Crippen LogP contribution in [0.5, 0.6) is 5.75 Å². The standard InChI is InChI=1S/C26H26Cl2N2O2/c1-19-6-2-3-8-22(19)17-29-12-14-30(15-13-29)26(31)21-9-4-7-20(16-21)18-32-24-11-5-10-23(27)25(24)28/h2-11,16H,12-15,17-18H2,1H3. The highest BCUT2D eigenvalue weighted by Gasteiger charge is 2.22. The summed E-state index contributed by atoms with van der Waals surface area (Å²) in [5.74, 6) is 0.587. The Bertz CT molecular complexity index is 1090. The van der Waals surface area contributed by atoms with E-state index in [-0.39, 0.29) is 5.91 Å². The van der Waals surface area contributed by atoms with E-state index in [1.165, 1.54) is 11.1 Å². The van der Waals surface area contributed by atoms with Gasteiger partial charge < -0.3 is 9.64 Å². The fraction of sp³-hybridized carbons (Fsp3) is 0.269. The molecule has 0 aromatic heterocycles. The molecule has 1 aliphatic rings. The number of benzene rings is 3. The average Bonchev–Trinajstić information content (AvgIpc) is 2.82. The molecule has 1 aliphatic heterocycles. The van der Waals surface area contributed by atoms with E-state index < -0.39 is 0 Å². The summed E-state index contributed by atoms with van der Waals surface area (Å²) in [5, 5.41) is 0.847. The van der Waals surface area contributed by atoms with Crippen LogP contribution in [0.4, 0.5) is 0 Å². The van der Waals surface area contributed by atoms with Crippen molar-refractivity contribution in [3.63, 3.8) is 0 Å². The molecule has 0 radical (unpaired) electrons. The first-order valence-corrected chi connectivity index (χ1v) is 11.5. The van der Waals surface area contributed by atoms with E-state index >= 15 is 0 Å². The minimum Gasteiger partial charge on any atom is -0.487 e. The number of carbonyl (C=O) groups is 1. The topological polar surface area (TPSA) is 32.8 Å². The van der Waals surface area contributed by atoms with Gasteiger partial charge in [-0.25, -0.2) is 0 Å². The third kappa shape index (κ3) is 5.44. The molecule has 6 heteroatoms. The lowest BCUT2D eigenvalue weighted by Crippen LogP contribution is -2.48. The average molecular weight is 469 g/mol. The second-order valence-corrected chi connectivity index (χ2v) is 8.82. The first-order valence-electron chi connectivity index (χ1n) is 10.7. The molecule has 3 aromatic carbocycles. The highest BCUT2D eigenvalue weighted by atomic mass is 35.5. The van der Waals surface area contributed by atoms with Crippen molar-refractivity contribution in [1.82, 2.24) is 9.80 Å². The van der Waals surface area contributed by atoms with E-state index in [0.717, 1.165) is 38.3 Å². The number of carbonyl (C=O) groups excluding carboxylic acids is 1. The summed E-state index contributed by atoms with van der Waals surface area (Å²) >= 11 is 12.2.